The quantitative estimate of drug-likeness (QED) is 0.648. The van der Waals surface area contributed by atoms with E-state index < -0.39 is 0 Å². The number of benzene rings is 3. The van der Waals surface area contributed by atoms with Crippen molar-refractivity contribution < 1.29 is 9.59 Å². The fourth-order valence-electron chi connectivity index (χ4n) is 3.70. The third-order valence-electron chi connectivity index (χ3n) is 5.17. The van der Waals surface area contributed by atoms with E-state index in [0.717, 1.165) is 41.9 Å². The summed E-state index contributed by atoms with van der Waals surface area (Å²) < 4.78 is 0. The van der Waals surface area contributed by atoms with Gasteiger partial charge in [-0.15, -0.1) is 0 Å². The fourth-order valence-corrected chi connectivity index (χ4v) is 3.70. The second-order valence-corrected chi connectivity index (χ2v) is 7.57. The minimum atomic E-state index is -0.0790. The van der Waals surface area contributed by atoms with Gasteiger partial charge in [-0.25, -0.2) is 0 Å². The molecule has 5 heteroatoms. The number of nitrogens with two attached hydrogens (primary N) is 1. The minimum absolute atomic E-state index is 0.0790. The number of rotatable bonds is 3. The Hall–Kier alpha value is -3.44. The van der Waals surface area contributed by atoms with E-state index in [2.05, 4.69) is 11.4 Å². The topological polar surface area (TPSA) is 75.4 Å². The summed E-state index contributed by atoms with van der Waals surface area (Å²) in [6.07, 6.45) is 1.97. The lowest BCUT2D eigenvalue weighted by Crippen LogP contribution is -2.33. The van der Waals surface area contributed by atoms with Gasteiger partial charge in [-0.3, -0.25) is 9.59 Å². The summed E-state index contributed by atoms with van der Waals surface area (Å²) in [7, 11) is 0. The Morgan fingerprint density at radius 3 is 2.32 bits per heavy atom. The maximum absolute atomic E-state index is 11.7. The number of carbonyl (C=O) groups excluding carboxylic acids is 2. The molecule has 1 aliphatic rings. The van der Waals surface area contributed by atoms with Crippen molar-refractivity contribution in [2.75, 3.05) is 16.8 Å². The molecule has 0 atom stereocenters. The number of nitrogens with zero attached hydrogens (tertiary/aromatic N) is 1. The molecule has 1 aliphatic heterocycles. The van der Waals surface area contributed by atoms with Crippen molar-refractivity contribution in [1.82, 2.24) is 0 Å². The molecule has 0 saturated carbocycles. The summed E-state index contributed by atoms with van der Waals surface area (Å²) in [6, 6.07) is 24.0. The number of hydrogen-bond donors (Lipinski definition) is 2. The molecule has 0 fully saturated rings. The Kier molecular flexibility index (Phi) is 7.57. The molecule has 31 heavy (non-hydrogen) atoms. The highest BCUT2D eigenvalue weighted by molar-refractivity contribution is 5.93. The zero-order chi connectivity index (χ0) is 22.2. The van der Waals surface area contributed by atoms with Crippen LogP contribution in [-0.2, 0) is 22.6 Å². The van der Waals surface area contributed by atoms with Gasteiger partial charge in [0.05, 0.1) is 0 Å². The lowest BCUT2D eigenvalue weighted by Gasteiger charge is -2.29. The smallest absolute Gasteiger partial charge is 0.223 e. The molecule has 0 bridgehead atoms. The third-order valence-corrected chi connectivity index (χ3v) is 5.17. The second-order valence-electron chi connectivity index (χ2n) is 7.57. The lowest BCUT2D eigenvalue weighted by atomic mass is 9.96. The van der Waals surface area contributed by atoms with E-state index in [9.17, 15) is 9.59 Å². The van der Waals surface area contributed by atoms with Crippen molar-refractivity contribution in [3.05, 3.63) is 83.9 Å². The van der Waals surface area contributed by atoms with Crippen LogP contribution in [0.15, 0.2) is 72.8 Å². The van der Waals surface area contributed by atoms with Gasteiger partial charge in [0.2, 0.25) is 11.8 Å². The van der Waals surface area contributed by atoms with Crippen LogP contribution in [0.3, 0.4) is 0 Å². The van der Waals surface area contributed by atoms with Crippen molar-refractivity contribution in [3.63, 3.8) is 0 Å². The van der Waals surface area contributed by atoms with Crippen molar-refractivity contribution in [3.8, 4) is 11.1 Å². The van der Waals surface area contributed by atoms with Crippen LogP contribution in [0, 0.1) is 0 Å². The van der Waals surface area contributed by atoms with Crippen molar-refractivity contribution in [2.24, 2.45) is 5.73 Å². The maximum Gasteiger partial charge on any atom is 0.223 e. The average Bonchev–Trinajstić information content (AvgIpc) is 2.79. The van der Waals surface area contributed by atoms with E-state index >= 15 is 0 Å². The zero-order valence-corrected chi connectivity index (χ0v) is 18.1. The molecule has 1 heterocycles. The molecule has 2 amide bonds. The Morgan fingerprint density at radius 1 is 0.935 bits per heavy atom. The minimum Gasteiger partial charge on any atom is -0.326 e. The van der Waals surface area contributed by atoms with Crippen LogP contribution < -0.4 is 16.0 Å². The van der Waals surface area contributed by atoms with Crippen LogP contribution in [-0.4, -0.2) is 18.4 Å². The van der Waals surface area contributed by atoms with Crippen LogP contribution in [0.25, 0.3) is 11.1 Å². The fraction of sp³-hybridized carbons (Fsp3) is 0.231. The van der Waals surface area contributed by atoms with Crippen molar-refractivity contribution in [1.29, 1.82) is 0 Å². The first-order valence-electron chi connectivity index (χ1n) is 10.5. The molecule has 3 aromatic rings. The van der Waals surface area contributed by atoms with Crippen LogP contribution in [0.2, 0.25) is 0 Å². The van der Waals surface area contributed by atoms with E-state index in [-0.39, 0.29) is 11.8 Å². The Morgan fingerprint density at radius 2 is 1.68 bits per heavy atom. The van der Waals surface area contributed by atoms with Gasteiger partial charge in [0.15, 0.2) is 0 Å². The zero-order valence-electron chi connectivity index (χ0n) is 18.1. The first-order chi connectivity index (χ1) is 15.0. The largest absolute Gasteiger partial charge is 0.326 e. The number of hydrogen-bond acceptors (Lipinski definition) is 3. The average molecular weight is 416 g/mol. The first-order valence-corrected chi connectivity index (χ1v) is 10.5. The lowest BCUT2D eigenvalue weighted by molar-refractivity contribution is -0.116. The van der Waals surface area contributed by atoms with Gasteiger partial charge in [-0.05, 0) is 59.4 Å². The Labute approximate surface area is 183 Å². The molecule has 0 aliphatic carbocycles. The highest BCUT2D eigenvalue weighted by Gasteiger charge is 2.20. The van der Waals surface area contributed by atoms with E-state index in [1.54, 1.807) is 6.92 Å². The molecule has 0 aromatic heterocycles. The van der Waals surface area contributed by atoms with Gasteiger partial charge in [-0.1, -0.05) is 48.5 Å². The summed E-state index contributed by atoms with van der Waals surface area (Å²) in [5, 5.41) is 2.81. The molecule has 3 aromatic carbocycles. The van der Waals surface area contributed by atoms with E-state index in [1.165, 1.54) is 18.1 Å². The maximum atomic E-state index is 11.7. The number of anilines is 2. The van der Waals surface area contributed by atoms with Crippen LogP contribution >= 0.6 is 0 Å². The number of amides is 2. The van der Waals surface area contributed by atoms with Gasteiger partial charge >= 0.3 is 0 Å². The van der Waals surface area contributed by atoms with E-state index in [0.29, 0.717) is 6.54 Å². The van der Waals surface area contributed by atoms with Crippen molar-refractivity contribution >= 4 is 23.2 Å². The second kappa shape index (κ2) is 10.5. The van der Waals surface area contributed by atoms with Gasteiger partial charge in [0.25, 0.3) is 0 Å². The van der Waals surface area contributed by atoms with Gasteiger partial charge in [0, 0.05) is 38.3 Å². The SMILES string of the molecule is CC(=O)Nc1cccc(-c2ccc3c(c2)CCCN3C(C)=O)c1.NCc1ccccc1. The third kappa shape index (κ3) is 6.03. The predicted molar refractivity (Wildman–Crippen MR) is 127 cm³/mol. The normalized spacial score (nSPS) is 12.3. The van der Waals surface area contributed by atoms with Gasteiger partial charge in [0.1, 0.15) is 0 Å². The van der Waals surface area contributed by atoms with E-state index in [1.807, 2.05) is 71.6 Å². The molecule has 0 unspecified atom stereocenters. The number of carbonyl (C=O) groups is 2. The van der Waals surface area contributed by atoms with Gasteiger partial charge < -0.3 is 16.0 Å². The molecule has 3 N–H and O–H groups in total. The summed E-state index contributed by atoms with van der Waals surface area (Å²) >= 11 is 0. The van der Waals surface area contributed by atoms with Crippen LogP contribution in [0.5, 0.6) is 0 Å². The molecular formula is C26H29N3O2. The monoisotopic (exact) mass is 415 g/mol. The number of aryl methyl sites for hydroxylation is 1. The molecular weight excluding hydrogens is 386 g/mol. The molecule has 0 radical (unpaired) electrons. The standard InChI is InChI=1S/C19H20N2O2.C7H9N/c1-13(22)20-18-7-3-5-15(12-18)16-8-9-19-17(11-16)6-4-10-21(19)14(2)23;8-6-7-4-2-1-3-5-7/h3,5,7-9,11-12H,4,6,10H2,1-2H3,(H,20,22);1-5H,6,8H2. The molecule has 4 rings (SSSR count). The summed E-state index contributed by atoms with van der Waals surface area (Å²) in [5.41, 5.74) is 11.7. The molecule has 5 nitrogen and oxygen atoms in total. The number of fused-ring (bicyclic) bond motifs is 1. The van der Waals surface area contributed by atoms with E-state index in [4.69, 9.17) is 5.73 Å². The highest BCUT2D eigenvalue weighted by atomic mass is 16.2. The first kappa shape index (κ1) is 22.2. The van der Waals surface area contributed by atoms with Crippen LogP contribution in [0.1, 0.15) is 31.4 Å². The number of nitrogens with one attached hydrogen (secondary N) is 1. The summed E-state index contributed by atoms with van der Waals surface area (Å²) in [5.74, 6) is 0.0102. The van der Waals surface area contributed by atoms with Crippen LogP contribution in [0.4, 0.5) is 11.4 Å². The molecule has 0 saturated heterocycles. The van der Waals surface area contributed by atoms with Crippen molar-refractivity contribution in [2.45, 2.75) is 33.2 Å². The molecule has 0 spiro atoms. The Balaban J connectivity index is 0.000000287. The predicted octanol–water partition coefficient (Wildman–Crippen LogP) is 4.76. The molecule has 160 valence electrons. The summed E-state index contributed by atoms with van der Waals surface area (Å²) in [6.45, 7) is 4.54. The highest BCUT2D eigenvalue weighted by Crippen LogP contribution is 2.32. The van der Waals surface area contributed by atoms with Gasteiger partial charge in [-0.2, -0.15) is 0 Å². The Bertz CT molecular complexity index is 1050. The summed E-state index contributed by atoms with van der Waals surface area (Å²) in [4.78, 5) is 24.8.